The van der Waals surface area contributed by atoms with Gasteiger partial charge in [-0.25, -0.2) is 0 Å². The molecule has 3 aliphatic rings. The fourth-order valence-electron chi connectivity index (χ4n) is 7.13. The summed E-state index contributed by atoms with van der Waals surface area (Å²) in [4.78, 5) is 39.2. The Kier molecular flexibility index (Phi) is 9.94. The Labute approximate surface area is 289 Å². The molecule has 0 spiro atoms. The number of aryl methyl sites for hydroxylation is 2. The number of carbonyl (C=O) groups excluding carboxylic acids is 3. The summed E-state index contributed by atoms with van der Waals surface area (Å²) in [5.41, 5.74) is 3.56. The van der Waals surface area contributed by atoms with Gasteiger partial charge in [-0.05, 0) is 134 Å². The predicted molar refractivity (Wildman–Crippen MR) is 190 cm³/mol. The van der Waals surface area contributed by atoms with Crippen LogP contribution in [-0.4, -0.2) is 76.5 Å². The van der Waals surface area contributed by atoms with Crippen molar-refractivity contribution in [2.24, 2.45) is 13.0 Å². The van der Waals surface area contributed by atoms with Crippen molar-refractivity contribution >= 4 is 46.9 Å². The number of nitrogens with one attached hydrogen (secondary N) is 2. The van der Waals surface area contributed by atoms with E-state index in [9.17, 15) is 14.4 Å². The fraction of sp³-hybridized carbons (Fsp3) is 0.568. The first-order chi connectivity index (χ1) is 23.2. The molecule has 11 nitrogen and oxygen atoms in total. The van der Waals surface area contributed by atoms with E-state index in [1.807, 2.05) is 31.3 Å². The Hall–Kier alpha value is -3.74. The average molecular weight is 672 g/mol. The van der Waals surface area contributed by atoms with E-state index in [-0.39, 0.29) is 42.1 Å². The SMILES string of the molecule is Cc1cc(OC(C)CCC2CCN(CC(=O)Nc3ccc4c(C5CCC(=O)NC5=O)nn(C)c4c3)CC2)ccc1B1OC(C)(C)C(C)(C)O1. The van der Waals surface area contributed by atoms with Gasteiger partial charge in [0.05, 0.1) is 41.0 Å². The molecule has 2 N–H and O–H groups in total. The highest BCUT2D eigenvalue weighted by Gasteiger charge is 2.52. The van der Waals surface area contributed by atoms with Crippen LogP contribution in [0.2, 0.25) is 0 Å². The van der Waals surface area contributed by atoms with Gasteiger partial charge in [0.25, 0.3) is 0 Å². The van der Waals surface area contributed by atoms with Crippen molar-refractivity contribution in [3.63, 3.8) is 0 Å². The lowest BCUT2D eigenvalue weighted by molar-refractivity contribution is -0.134. The Bertz CT molecular complexity index is 1710. The first kappa shape index (κ1) is 35.1. The van der Waals surface area contributed by atoms with Crippen LogP contribution in [0.4, 0.5) is 5.69 Å². The molecule has 2 aromatic carbocycles. The number of hydrogen-bond acceptors (Lipinski definition) is 8. The number of ether oxygens (including phenoxy) is 1. The van der Waals surface area contributed by atoms with Crippen molar-refractivity contribution in [3.8, 4) is 5.75 Å². The minimum atomic E-state index is -0.462. The maximum atomic E-state index is 13.0. The van der Waals surface area contributed by atoms with E-state index in [4.69, 9.17) is 14.0 Å². The van der Waals surface area contributed by atoms with Crippen LogP contribution in [0.3, 0.4) is 0 Å². The largest absolute Gasteiger partial charge is 0.495 e. The van der Waals surface area contributed by atoms with Gasteiger partial charge in [-0.1, -0.05) is 6.07 Å². The molecule has 49 heavy (non-hydrogen) atoms. The normalized spacial score (nSPS) is 21.9. The fourth-order valence-corrected chi connectivity index (χ4v) is 7.13. The van der Waals surface area contributed by atoms with E-state index in [1.165, 1.54) is 0 Å². The molecule has 0 bridgehead atoms. The lowest BCUT2D eigenvalue weighted by Gasteiger charge is -2.32. The monoisotopic (exact) mass is 671 g/mol. The van der Waals surface area contributed by atoms with Crippen LogP contribution in [-0.2, 0) is 30.7 Å². The second-order valence-electron chi connectivity index (χ2n) is 15.1. The van der Waals surface area contributed by atoms with E-state index >= 15 is 0 Å². The van der Waals surface area contributed by atoms with Crippen molar-refractivity contribution < 1.29 is 28.4 Å². The third kappa shape index (κ3) is 7.71. The number of hydrogen-bond donors (Lipinski definition) is 2. The number of amides is 3. The van der Waals surface area contributed by atoms with Gasteiger partial charge in [0.1, 0.15) is 5.75 Å². The molecule has 3 fully saturated rings. The summed E-state index contributed by atoms with van der Waals surface area (Å²) < 4.78 is 20.5. The van der Waals surface area contributed by atoms with Crippen LogP contribution in [0, 0.1) is 12.8 Å². The molecule has 3 aromatic rings. The quantitative estimate of drug-likeness (QED) is 0.237. The number of imide groups is 1. The molecule has 6 rings (SSSR count). The molecule has 0 radical (unpaired) electrons. The topological polar surface area (TPSA) is 124 Å². The van der Waals surface area contributed by atoms with E-state index in [0.29, 0.717) is 36.7 Å². The van der Waals surface area contributed by atoms with Crippen LogP contribution < -0.4 is 20.8 Å². The van der Waals surface area contributed by atoms with Crippen LogP contribution in [0.25, 0.3) is 10.9 Å². The van der Waals surface area contributed by atoms with Crippen molar-refractivity contribution in [1.29, 1.82) is 0 Å². The average Bonchev–Trinajstić information content (AvgIpc) is 3.46. The van der Waals surface area contributed by atoms with Gasteiger partial charge in [-0.15, -0.1) is 0 Å². The lowest BCUT2D eigenvalue weighted by Crippen LogP contribution is -2.41. The first-order valence-corrected chi connectivity index (χ1v) is 17.6. The van der Waals surface area contributed by atoms with Crippen molar-refractivity contribution in [2.45, 2.75) is 103 Å². The first-order valence-electron chi connectivity index (χ1n) is 17.6. The van der Waals surface area contributed by atoms with Crippen LogP contribution in [0.5, 0.6) is 5.75 Å². The summed E-state index contributed by atoms with van der Waals surface area (Å²) in [6.07, 6.45) is 5.04. The number of carbonyl (C=O) groups is 3. The number of benzene rings is 2. The molecule has 0 saturated carbocycles. The summed E-state index contributed by atoms with van der Waals surface area (Å²) in [7, 11) is 1.44. The highest BCUT2D eigenvalue weighted by atomic mass is 16.7. The Balaban J connectivity index is 0.933. The third-order valence-electron chi connectivity index (χ3n) is 10.9. The van der Waals surface area contributed by atoms with Gasteiger partial charge in [0.15, 0.2) is 0 Å². The van der Waals surface area contributed by atoms with Crippen LogP contribution >= 0.6 is 0 Å². The number of likely N-dealkylation sites (tertiary alicyclic amines) is 1. The zero-order valence-electron chi connectivity index (χ0n) is 29.9. The molecule has 3 amide bonds. The molecular formula is C37H50BN5O6. The van der Waals surface area contributed by atoms with Crippen molar-refractivity contribution in [3.05, 3.63) is 47.7 Å². The van der Waals surface area contributed by atoms with Gasteiger partial charge in [0.2, 0.25) is 17.7 Å². The number of anilines is 1. The van der Waals surface area contributed by atoms with E-state index < -0.39 is 5.92 Å². The van der Waals surface area contributed by atoms with Gasteiger partial charge in [0, 0.05) is 24.5 Å². The minimum Gasteiger partial charge on any atom is -0.491 e. The molecule has 0 aliphatic carbocycles. The lowest BCUT2D eigenvalue weighted by atomic mass is 9.76. The smallest absolute Gasteiger partial charge is 0.491 e. The van der Waals surface area contributed by atoms with Crippen LogP contribution in [0.1, 0.15) is 90.3 Å². The molecule has 3 aliphatic heterocycles. The van der Waals surface area contributed by atoms with E-state index in [1.54, 1.807) is 4.68 Å². The summed E-state index contributed by atoms with van der Waals surface area (Å²) in [6, 6.07) is 11.8. The number of aromatic nitrogens is 2. The molecule has 1 aromatic heterocycles. The summed E-state index contributed by atoms with van der Waals surface area (Å²) >= 11 is 0. The molecule has 4 heterocycles. The number of nitrogens with zero attached hydrogens (tertiary/aromatic N) is 3. The third-order valence-corrected chi connectivity index (χ3v) is 10.9. The Morgan fingerprint density at radius 2 is 1.80 bits per heavy atom. The zero-order chi connectivity index (χ0) is 35.1. The highest BCUT2D eigenvalue weighted by Crippen LogP contribution is 2.37. The van der Waals surface area contributed by atoms with Crippen molar-refractivity contribution in [2.75, 3.05) is 25.0 Å². The van der Waals surface area contributed by atoms with Gasteiger partial charge < -0.3 is 19.4 Å². The molecule has 2 atom stereocenters. The maximum absolute atomic E-state index is 13.0. The van der Waals surface area contributed by atoms with E-state index in [2.05, 4.69) is 74.3 Å². The summed E-state index contributed by atoms with van der Waals surface area (Å²) in [5, 5.41) is 10.9. The second-order valence-corrected chi connectivity index (χ2v) is 15.1. The zero-order valence-corrected chi connectivity index (χ0v) is 29.9. The molecule has 3 saturated heterocycles. The van der Waals surface area contributed by atoms with Gasteiger partial charge >= 0.3 is 7.12 Å². The van der Waals surface area contributed by atoms with Gasteiger partial charge in [-0.2, -0.15) is 5.10 Å². The van der Waals surface area contributed by atoms with Crippen molar-refractivity contribution in [1.82, 2.24) is 20.0 Å². The molecular weight excluding hydrogens is 621 g/mol. The molecule has 2 unspecified atom stereocenters. The minimum absolute atomic E-state index is 0.0489. The number of piperidine rings is 2. The molecule has 12 heteroatoms. The highest BCUT2D eigenvalue weighted by molar-refractivity contribution is 6.62. The summed E-state index contributed by atoms with van der Waals surface area (Å²) in [5.74, 6) is 0.412. The molecule has 262 valence electrons. The van der Waals surface area contributed by atoms with Gasteiger partial charge in [-0.3, -0.25) is 29.3 Å². The second kappa shape index (κ2) is 13.9. The number of fused-ring (bicyclic) bond motifs is 1. The Morgan fingerprint density at radius 3 is 2.47 bits per heavy atom. The maximum Gasteiger partial charge on any atom is 0.495 e. The number of rotatable bonds is 10. The van der Waals surface area contributed by atoms with Crippen LogP contribution in [0.15, 0.2) is 36.4 Å². The van der Waals surface area contributed by atoms with E-state index in [0.717, 1.165) is 66.5 Å². The predicted octanol–water partition coefficient (Wildman–Crippen LogP) is 4.60. The summed E-state index contributed by atoms with van der Waals surface area (Å²) in [6.45, 7) is 14.6. The standard InChI is InChI=1S/C37H50BN5O6/c1-23-20-27(11-14-30(23)38-48-36(3,4)37(5,6)49-38)47-24(2)8-9-25-16-18-43(19-17-25)22-33(45)39-26-10-12-28-31(21-26)42(7)41-34(28)29-13-15-32(44)40-35(29)46/h10-12,14,20-21,24-25,29H,8-9,13,15-19,22H2,1-7H3,(H,39,45)(H,40,44,46). The Morgan fingerprint density at radius 1 is 1.08 bits per heavy atom.